The van der Waals surface area contributed by atoms with Gasteiger partial charge >= 0.3 is 17.6 Å². The van der Waals surface area contributed by atoms with Gasteiger partial charge in [-0.3, -0.25) is 14.5 Å². The Morgan fingerprint density at radius 2 is 1.97 bits per heavy atom. The molecule has 34 heavy (non-hydrogen) atoms. The minimum atomic E-state index is -0.952. The summed E-state index contributed by atoms with van der Waals surface area (Å²) in [4.78, 5) is 51.2. The molecule has 1 saturated carbocycles. The van der Waals surface area contributed by atoms with Gasteiger partial charge in [0.1, 0.15) is 23.0 Å². The summed E-state index contributed by atoms with van der Waals surface area (Å²) in [5.74, 6) is -0.727. The van der Waals surface area contributed by atoms with E-state index in [2.05, 4.69) is 5.32 Å². The zero-order valence-corrected chi connectivity index (χ0v) is 19.5. The second kappa shape index (κ2) is 9.70. The SMILES string of the molecule is CC(=O)Oc1ccccc1C(=O)OC(C)N1C(=O)c2c(CCCC3CC3)cc(=O)oc2NC1C. The van der Waals surface area contributed by atoms with Crippen LogP contribution in [0.4, 0.5) is 5.88 Å². The number of carbonyl (C=O) groups excluding carboxylic acids is 3. The van der Waals surface area contributed by atoms with Crippen molar-refractivity contribution in [1.82, 2.24) is 4.90 Å². The minimum absolute atomic E-state index is 0.0711. The number of esters is 2. The van der Waals surface area contributed by atoms with Crippen molar-refractivity contribution in [3.8, 4) is 5.75 Å². The maximum atomic E-state index is 13.5. The Labute approximate surface area is 197 Å². The smallest absolute Gasteiger partial charge is 0.343 e. The molecule has 2 heterocycles. The summed E-state index contributed by atoms with van der Waals surface area (Å²) in [7, 11) is 0. The van der Waals surface area contributed by atoms with E-state index in [-0.39, 0.29) is 28.7 Å². The number of nitrogens with zero attached hydrogens (tertiary/aromatic N) is 1. The number of fused-ring (bicyclic) bond motifs is 1. The highest BCUT2D eigenvalue weighted by atomic mass is 16.6. The third-order valence-electron chi connectivity index (χ3n) is 6.03. The van der Waals surface area contributed by atoms with Crippen LogP contribution in [0.2, 0.25) is 0 Å². The summed E-state index contributed by atoms with van der Waals surface area (Å²) < 4.78 is 16.0. The molecule has 2 unspecified atom stereocenters. The molecular weight excluding hydrogens is 440 g/mol. The highest BCUT2D eigenvalue weighted by Crippen LogP contribution is 2.35. The van der Waals surface area contributed by atoms with Crippen LogP contribution in [0.15, 0.2) is 39.5 Å². The first kappa shape index (κ1) is 23.5. The zero-order chi connectivity index (χ0) is 24.4. The van der Waals surface area contributed by atoms with Gasteiger partial charge in [-0.1, -0.05) is 31.4 Å². The van der Waals surface area contributed by atoms with E-state index in [4.69, 9.17) is 13.9 Å². The number of nitrogens with one attached hydrogen (secondary N) is 1. The Morgan fingerprint density at radius 1 is 1.24 bits per heavy atom. The van der Waals surface area contributed by atoms with E-state index >= 15 is 0 Å². The maximum Gasteiger partial charge on any atom is 0.343 e. The van der Waals surface area contributed by atoms with E-state index in [0.29, 0.717) is 12.0 Å². The van der Waals surface area contributed by atoms with E-state index in [1.165, 1.54) is 42.9 Å². The van der Waals surface area contributed by atoms with Gasteiger partial charge in [0.2, 0.25) is 5.88 Å². The quantitative estimate of drug-likeness (QED) is 0.461. The number of ether oxygens (including phenoxy) is 2. The van der Waals surface area contributed by atoms with E-state index in [9.17, 15) is 19.2 Å². The Balaban J connectivity index is 1.54. The fourth-order valence-electron chi connectivity index (χ4n) is 4.26. The first-order valence-electron chi connectivity index (χ1n) is 11.5. The molecule has 0 saturated heterocycles. The number of amides is 1. The summed E-state index contributed by atoms with van der Waals surface area (Å²) in [6, 6.07) is 7.59. The number of carbonyl (C=O) groups is 3. The third-order valence-corrected chi connectivity index (χ3v) is 6.03. The average molecular weight is 469 g/mol. The van der Waals surface area contributed by atoms with E-state index < -0.39 is 30.0 Å². The molecule has 2 aliphatic rings. The van der Waals surface area contributed by atoms with Crippen LogP contribution in [0.1, 0.15) is 72.7 Å². The first-order chi connectivity index (χ1) is 16.2. The largest absolute Gasteiger partial charge is 0.438 e. The number of hydrogen-bond donors (Lipinski definition) is 1. The normalized spacial score (nSPS) is 18.0. The lowest BCUT2D eigenvalue weighted by Crippen LogP contribution is -2.53. The molecule has 1 fully saturated rings. The minimum Gasteiger partial charge on any atom is -0.438 e. The summed E-state index contributed by atoms with van der Waals surface area (Å²) in [6.07, 6.45) is 3.45. The van der Waals surface area contributed by atoms with Crippen LogP contribution < -0.4 is 15.7 Å². The number of hydrogen-bond acceptors (Lipinski definition) is 8. The van der Waals surface area contributed by atoms with E-state index in [1.807, 2.05) is 0 Å². The molecule has 9 heteroatoms. The van der Waals surface area contributed by atoms with E-state index in [1.54, 1.807) is 26.0 Å². The molecule has 1 aromatic carbocycles. The molecule has 1 amide bonds. The number of anilines is 1. The summed E-state index contributed by atoms with van der Waals surface area (Å²) >= 11 is 0. The van der Waals surface area contributed by atoms with Crippen LogP contribution in [-0.2, 0) is 16.0 Å². The molecule has 9 nitrogen and oxygen atoms in total. The van der Waals surface area contributed by atoms with Crippen LogP contribution in [-0.4, -0.2) is 35.1 Å². The highest BCUT2D eigenvalue weighted by molar-refractivity contribution is 6.02. The molecule has 4 rings (SSSR count). The molecule has 1 aliphatic heterocycles. The molecule has 0 spiro atoms. The highest BCUT2D eigenvalue weighted by Gasteiger charge is 2.38. The molecule has 0 radical (unpaired) electrons. The van der Waals surface area contributed by atoms with Crippen LogP contribution >= 0.6 is 0 Å². The van der Waals surface area contributed by atoms with Crippen molar-refractivity contribution in [3.63, 3.8) is 0 Å². The third kappa shape index (κ3) is 5.13. The van der Waals surface area contributed by atoms with Crippen molar-refractivity contribution >= 4 is 23.7 Å². The van der Waals surface area contributed by atoms with Gasteiger partial charge in [0, 0.05) is 13.0 Å². The lowest BCUT2D eigenvalue weighted by Gasteiger charge is -2.38. The van der Waals surface area contributed by atoms with Crippen molar-refractivity contribution in [2.45, 2.75) is 65.3 Å². The van der Waals surface area contributed by atoms with Gasteiger partial charge in [0.05, 0.1) is 0 Å². The number of aryl methyl sites for hydroxylation is 1. The molecule has 0 bridgehead atoms. The van der Waals surface area contributed by atoms with Gasteiger partial charge in [-0.2, -0.15) is 0 Å². The summed E-state index contributed by atoms with van der Waals surface area (Å²) in [5, 5.41) is 3.04. The van der Waals surface area contributed by atoms with E-state index in [0.717, 1.165) is 18.8 Å². The topological polar surface area (TPSA) is 115 Å². The standard InChI is InChI=1S/C25H28N2O7/c1-14-26-23-22(18(13-21(29)34-23)8-6-7-17-11-12-17)24(30)27(14)15(2)32-25(31)19-9-4-5-10-20(19)33-16(3)28/h4-5,9-10,13-15,17,26H,6-8,11-12H2,1-3H3. The second-order valence-corrected chi connectivity index (χ2v) is 8.76. The van der Waals surface area contributed by atoms with Crippen molar-refractivity contribution in [3.05, 3.63) is 57.4 Å². The average Bonchev–Trinajstić information content (AvgIpc) is 3.57. The monoisotopic (exact) mass is 468 g/mol. The van der Waals surface area contributed by atoms with Gasteiger partial charge in [-0.15, -0.1) is 0 Å². The lowest BCUT2D eigenvalue weighted by atomic mass is 10.00. The zero-order valence-electron chi connectivity index (χ0n) is 19.5. The van der Waals surface area contributed by atoms with Crippen LogP contribution in [0, 0.1) is 5.92 Å². The molecule has 2 atom stereocenters. The van der Waals surface area contributed by atoms with Crippen LogP contribution in [0.5, 0.6) is 5.75 Å². The molecule has 2 aromatic rings. The molecule has 180 valence electrons. The van der Waals surface area contributed by atoms with Crippen LogP contribution in [0.3, 0.4) is 0 Å². The maximum absolute atomic E-state index is 13.5. The van der Waals surface area contributed by atoms with Crippen molar-refractivity contribution in [2.24, 2.45) is 5.92 Å². The van der Waals surface area contributed by atoms with Gasteiger partial charge < -0.3 is 19.2 Å². The molecule has 1 aliphatic carbocycles. The Bertz CT molecular complexity index is 1170. The Morgan fingerprint density at radius 3 is 2.68 bits per heavy atom. The van der Waals surface area contributed by atoms with Gasteiger partial charge in [0.15, 0.2) is 6.23 Å². The lowest BCUT2D eigenvalue weighted by molar-refractivity contribution is -0.131. The number of benzene rings is 1. The van der Waals surface area contributed by atoms with Gasteiger partial charge in [0.25, 0.3) is 5.91 Å². The molecule has 1 aromatic heterocycles. The Hall–Kier alpha value is -3.62. The van der Waals surface area contributed by atoms with Gasteiger partial charge in [-0.05, 0) is 50.3 Å². The van der Waals surface area contributed by atoms with Gasteiger partial charge in [-0.25, -0.2) is 9.59 Å². The summed E-state index contributed by atoms with van der Waals surface area (Å²) in [5.41, 5.74) is 0.473. The van der Waals surface area contributed by atoms with Crippen LogP contribution in [0.25, 0.3) is 0 Å². The predicted molar refractivity (Wildman–Crippen MR) is 123 cm³/mol. The predicted octanol–water partition coefficient (Wildman–Crippen LogP) is 3.71. The van der Waals surface area contributed by atoms with Crippen molar-refractivity contribution < 1.29 is 28.3 Å². The first-order valence-corrected chi connectivity index (χ1v) is 11.5. The molecular formula is C25H28N2O7. The Kier molecular flexibility index (Phi) is 6.72. The van der Waals surface area contributed by atoms with Crippen molar-refractivity contribution in [2.75, 3.05) is 5.32 Å². The number of rotatable bonds is 8. The molecule has 1 N–H and O–H groups in total. The fraction of sp³-hybridized carbons (Fsp3) is 0.440. The fourth-order valence-corrected chi connectivity index (χ4v) is 4.26. The number of para-hydroxylation sites is 1. The second-order valence-electron chi connectivity index (χ2n) is 8.76. The summed E-state index contributed by atoms with van der Waals surface area (Å²) in [6.45, 7) is 4.53. The van der Waals surface area contributed by atoms with Crippen molar-refractivity contribution in [1.29, 1.82) is 0 Å².